The van der Waals surface area contributed by atoms with Gasteiger partial charge in [0.2, 0.25) is 0 Å². The molecule has 0 amide bonds. The molecule has 3 rings (SSSR count). The summed E-state index contributed by atoms with van der Waals surface area (Å²) in [6, 6.07) is 15.1. The van der Waals surface area contributed by atoms with E-state index in [1.54, 1.807) is 12.1 Å². The molecule has 0 unspecified atom stereocenters. The van der Waals surface area contributed by atoms with Crippen molar-refractivity contribution in [2.45, 2.75) is 20.0 Å². The molecule has 1 aliphatic rings. The molecule has 0 bridgehead atoms. The first kappa shape index (κ1) is 20.1. The molecule has 0 atom stereocenters. The van der Waals surface area contributed by atoms with Crippen molar-refractivity contribution < 1.29 is 9.13 Å². The molecule has 0 radical (unpaired) electrons. The molecule has 0 spiro atoms. The molecule has 1 saturated heterocycles. The lowest BCUT2D eigenvalue weighted by molar-refractivity contribution is 0.122. The van der Waals surface area contributed by atoms with Crippen LogP contribution in [0.4, 0.5) is 10.1 Å². The van der Waals surface area contributed by atoms with Gasteiger partial charge in [0.25, 0.3) is 0 Å². The third kappa shape index (κ3) is 5.45. The van der Waals surface area contributed by atoms with Gasteiger partial charge in [0, 0.05) is 38.9 Å². The second-order valence-electron chi connectivity index (χ2n) is 6.88. The Kier molecular flexibility index (Phi) is 7.25. The molecule has 6 heteroatoms. The van der Waals surface area contributed by atoms with Crippen LogP contribution in [-0.4, -0.2) is 50.8 Å². The first-order chi connectivity index (χ1) is 13.7. The van der Waals surface area contributed by atoms with E-state index >= 15 is 0 Å². The lowest BCUT2D eigenvalue weighted by atomic mass is 10.1. The van der Waals surface area contributed by atoms with Gasteiger partial charge in [0.15, 0.2) is 5.96 Å². The Morgan fingerprint density at radius 2 is 1.96 bits per heavy atom. The maximum atomic E-state index is 13.5. The number of morpholine rings is 1. The van der Waals surface area contributed by atoms with Gasteiger partial charge in [-0.25, -0.2) is 9.38 Å². The predicted molar refractivity (Wildman–Crippen MR) is 112 cm³/mol. The summed E-state index contributed by atoms with van der Waals surface area (Å²) in [5.74, 6) is 0.593. The predicted octanol–water partition coefficient (Wildman–Crippen LogP) is 3.26. The number of nitrogens with one attached hydrogen (secondary N) is 1. The first-order valence-corrected chi connectivity index (χ1v) is 9.82. The number of nitrogens with zero attached hydrogens (tertiary/aromatic N) is 3. The highest BCUT2D eigenvalue weighted by Gasteiger charge is 2.14. The number of hydrogen-bond acceptors (Lipinski definition) is 3. The second kappa shape index (κ2) is 10.1. The van der Waals surface area contributed by atoms with Crippen molar-refractivity contribution in [2.24, 2.45) is 4.99 Å². The monoisotopic (exact) mass is 384 g/mol. The molecular weight excluding hydrogens is 355 g/mol. The number of halogens is 1. The third-order valence-corrected chi connectivity index (χ3v) is 4.75. The van der Waals surface area contributed by atoms with Gasteiger partial charge in [-0.2, -0.15) is 0 Å². The minimum atomic E-state index is -0.215. The molecule has 0 aliphatic carbocycles. The highest BCUT2D eigenvalue weighted by molar-refractivity contribution is 5.79. The highest BCUT2D eigenvalue weighted by Crippen LogP contribution is 2.22. The van der Waals surface area contributed by atoms with Crippen LogP contribution in [0.15, 0.2) is 53.5 Å². The summed E-state index contributed by atoms with van der Waals surface area (Å²) in [4.78, 5) is 9.22. The van der Waals surface area contributed by atoms with Gasteiger partial charge in [0.1, 0.15) is 5.82 Å². The molecule has 0 aromatic heterocycles. The Morgan fingerprint density at radius 1 is 1.18 bits per heavy atom. The van der Waals surface area contributed by atoms with Crippen LogP contribution in [0.1, 0.15) is 18.1 Å². The number of benzene rings is 2. The van der Waals surface area contributed by atoms with Crippen molar-refractivity contribution >= 4 is 11.6 Å². The largest absolute Gasteiger partial charge is 0.378 e. The highest BCUT2D eigenvalue weighted by atomic mass is 19.1. The number of ether oxygens (including phenoxy) is 1. The topological polar surface area (TPSA) is 40.1 Å². The maximum absolute atomic E-state index is 13.5. The average molecular weight is 384 g/mol. The van der Waals surface area contributed by atoms with Crippen LogP contribution in [0, 0.1) is 5.82 Å². The van der Waals surface area contributed by atoms with E-state index in [1.165, 1.54) is 17.3 Å². The van der Waals surface area contributed by atoms with Crippen molar-refractivity contribution in [1.82, 2.24) is 10.2 Å². The summed E-state index contributed by atoms with van der Waals surface area (Å²) in [5.41, 5.74) is 3.33. The summed E-state index contributed by atoms with van der Waals surface area (Å²) in [5, 5.41) is 3.34. The van der Waals surface area contributed by atoms with Crippen molar-refractivity contribution in [3.63, 3.8) is 0 Å². The van der Waals surface area contributed by atoms with E-state index in [0.29, 0.717) is 13.1 Å². The van der Waals surface area contributed by atoms with Crippen LogP contribution in [0.25, 0.3) is 0 Å². The molecule has 1 heterocycles. The van der Waals surface area contributed by atoms with E-state index in [0.717, 1.165) is 44.4 Å². The zero-order valence-electron chi connectivity index (χ0n) is 16.7. The van der Waals surface area contributed by atoms with Crippen molar-refractivity contribution in [3.8, 4) is 0 Å². The van der Waals surface area contributed by atoms with E-state index < -0.39 is 0 Å². The van der Waals surface area contributed by atoms with E-state index in [1.807, 2.05) is 24.9 Å². The van der Waals surface area contributed by atoms with Crippen LogP contribution in [-0.2, 0) is 17.8 Å². The minimum Gasteiger partial charge on any atom is -0.378 e. The number of anilines is 1. The molecule has 1 aliphatic heterocycles. The third-order valence-electron chi connectivity index (χ3n) is 4.75. The Bertz CT molecular complexity index is 790. The summed E-state index contributed by atoms with van der Waals surface area (Å²) in [6.07, 6.45) is 0. The summed E-state index contributed by atoms with van der Waals surface area (Å²) in [6.45, 7) is 7.33. The Hall–Kier alpha value is -2.60. The standard InChI is InChI=1S/C22H29FN4O/c1-3-24-22(26(2)17-18-7-6-9-20(23)15-18)25-16-19-8-4-5-10-21(19)27-11-13-28-14-12-27/h4-10,15H,3,11-14,16-17H2,1-2H3,(H,24,25). The van der Waals surface area contributed by atoms with Crippen LogP contribution in [0.5, 0.6) is 0 Å². The van der Waals surface area contributed by atoms with Crippen LogP contribution in [0.2, 0.25) is 0 Å². The number of guanidine groups is 1. The Balaban J connectivity index is 1.74. The SMILES string of the molecule is CCNC(=NCc1ccccc1N1CCOCC1)N(C)Cc1cccc(F)c1. The van der Waals surface area contributed by atoms with Crippen molar-refractivity contribution in [3.05, 3.63) is 65.5 Å². The van der Waals surface area contributed by atoms with Gasteiger partial charge >= 0.3 is 0 Å². The fourth-order valence-electron chi connectivity index (χ4n) is 3.37. The van der Waals surface area contributed by atoms with Crippen LogP contribution in [0.3, 0.4) is 0 Å². The second-order valence-corrected chi connectivity index (χ2v) is 6.88. The molecule has 2 aromatic carbocycles. The van der Waals surface area contributed by atoms with Gasteiger partial charge in [-0.1, -0.05) is 30.3 Å². The fraction of sp³-hybridized carbons (Fsp3) is 0.409. The van der Waals surface area contributed by atoms with Crippen LogP contribution < -0.4 is 10.2 Å². The number of rotatable bonds is 6. The quantitative estimate of drug-likeness (QED) is 0.613. The number of aliphatic imine (C=N–C) groups is 1. The van der Waals surface area contributed by atoms with E-state index in [2.05, 4.69) is 34.5 Å². The molecule has 28 heavy (non-hydrogen) atoms. The van der Waals surface area contributed by atoms with E-state index in [-0.39, 0.29) is 5.82 Å². The summed E-state index contributed by atoms with van der Waals surface area (Å²) < 4.78 is 19.0. The van der Waals surface area contributed by atoms with Gasteiger partial charge < -0.3 is 19.9 Å². The van der Waals surface area contributed by atoms with E-state index in [9.17, 15) is 4.39 Å². The minimum absolute atomic E-state index is 0.215. The zero-order valence-corrected chi connectivity index (χ0v) is 16.7. The number of hydrogen-bond donors (Lipinski definition) is 1. The zero-order chi connectivity index (χ0) is 19.8. The normalized spacial score (nSPS) is 14.8. The lowest BCUT2D eigenvalue weighted by Gasteiger charge is -2.30. The van der Waals surface area contributed by atoms with Gasteiger partial charge in [0.05, 0.1) is 19.8 Å². The van der Waals surface area contributed by atoms with Crippen LogP contribution >= 0.6 is 0 Å². The lowest BCUT2D eigenvalue weighted by Crippen LogP contribution is -2.38. The molecule has 150 valence electrons. The van der Waals surface area contributed by atoms with Gasteiger partial charge in [-0.05, 0) is 36.2 Å². The average Bonchev–Trinajstić information content (AvgIpc) is 2.72. The molecule has 1 N–H and O–H groups in total. The van der Waals surface area contributed by atoms with Gasteiger partial charge in [-0.3, -0.25) is 0 Å². The van der Waals surface area contributed by atoms with Gasteiger partial charge in [-0.15, -0.1) is 0 Å². The molecular formula is C22H29FN4O. The van der Waals surface area contributed by atoms with Crippen molar-refractivity contribution in [1.29, 1.82) is 0 Å². The summed E-state index contributed by atoms with van der Waals surface area (Å²) >= 11 is 0. The molecule has 5 nitrogen and oxygen atoms in total. The molecule has 2 aromatic rings. The first-order valence-electron chi connectivity index (χ1n) is 9.82. The summed E-state index contributed by atoms with van der Waals surface area (Å²) in [7, 11) is 1.97. The Morgan fingerprint density at radius 3 is 2.71 bits per heavy atom. The smallest absolute Gasteiger partial charge is 0.194 e. The fourth-order valence-corrected chi connectivity index (χ4v) is 3.37. The molecule has 0 saturated carbocycles. The molecule has 1 fully saturated rings. The van der Waals surface area contributed by atoms with Crippen molar-refractivity contribution in [2.75, 3.05) is 44.8 Å². The number of para-hydroxylation sites is 1. The van der Waals surface area contributed by atoms with E-state index in [4.69, 9.17) is 9.73 Å². The maximum Gasteiger partial charge on any atom is 0.194 e. The Labute approximate surface area is 166 Å².